The van der Waals surface area contributed by atoms with Crippen molar-refractivity contribution in [3.8, 4) is 0 Å². The van der Waals surface area contributed by atoms with Crippen molar-refractivity contribution < 1.29 is 9.59 Å². The molecular weight excluding hydrogens is 354 g/mol. The molecule has 0 aliphatic carbocycles. The molecule has 0 saturated carbocycles. The fourth-order valence-electron chi connectivity index (χ4n) is 4.16. The predicted molar refractivity (Wildman–Crippen MR) is 109 cm³/mol. The van der Waals surface area contributed by atoms with Crippen LogP contribution in [0.3, 0.4) is 0 Å². The van der Waals surface area contributed by atoms with E-state index in [4.69, 9.17) is 0 Å². The number of urea groups is 1. The SMILES string of the molecule is CC(C)NC(=O)N1CCC(N2CCCC(C(=O)NCc3cccnc3)C2)CC1. The van der Waals surface area contributed by atoms with Crippen molar-refractivity contribution in [1.29, 1.82) is 0 Å². The van der Waals surface area contributed by atoms with E-state index < -0.39 is 0 Å². The van der Waals surface area contributed by atoms with Gasteiger partial charge in [-0.15, -0.1) is 0 Å². The third kappa shape index (κ3) is 5.67. The van der Waals surface area contributed by atoms with Crippen LogP contribution in [0.4, 0.5) is 4.79 Å². The second-order valence-corrected chi connectivity index (χ2v) is 8.24. The molecule has 2 N–H and O–H groups in total. The molecule has 2 saturated heterocycles. The van der Waals surface area contributed by atoms with Crippen LogP contribution in [-0.2, 0) is 11.3 Å². The van der Waals surface area contributed by atoms with Crippen molar-refractivity contribution in [2.24, 2.45) is 5.92 Å². The minimum Gasteiger partial charge on any atom is -0.352 e. The van der Waals surface area contributed by atoms with E-state index >= 15 is 0 Å². The molecule has 3 amide bonds. The predicted octanol–water partition coefficient (Wildman–Crippen LogP) is 1.99. The molecule has 7 nitrogen and oxygen atoms in total. The molecule has 2 aliphatic rings. The molecule has 1 aromatic rings. The summed E-state index contributed by atoms with van der Waals surface area (Å²) in [6.45, 7) is 7.95. The van der Waals surface area contributed by atoms with Gasteiger partial charge in [-0.05, 0) is 57.7 Å². The summed E-state index contributed by atoms with van der Waals surface area (Å²) >= 11 is 0. The van der Waals surface area contributed by atoms with Crippen molar-refractivity contribution in [1.82, 2.24) is 25.4 Å². The molecule has 1 atom stereocenters. The fraction of sp³-hybridized carbons (Fsp3) is 0.667. The van der Waals surface area contributed by atoms with Crippen LogP contribution in [0.5, 0.6) is 0 Å². The smallest absolute Gasteiger partial charge is 0.317 e. The number of nitrogens with zero attached hydrogens (tertiary/aromatic N) is 3. The topological polar surface area (TPSA) is 77.6 Å². The number of nitrogens with one attached hydrogen (secondary N) is 2. The third-order valence-corrected chi connectivity index (χ3v) is 5.69. The lowest BCUT2D eigenvalue weighted by Gasteiger charge is -2.42. The van der Waals surface area contributed by atoms with E-state index in [0.29, 0.717) is 12.6 Å². The fourth-order valence-corrected chi connectivity index (χ4v) is 4.16. The number of carbonyl (C=O) groups is 2. The second-order valence-electron chi connectivity index (χ2n) is 8.24. The maximum Gasteiger partial charge on any atom is 0.317 e. The number of carbonyl (C=O) groups excluding carboxylic acids is 2. The molecule has 28 heavy (non-hydrogen) atoms. The average molecular weight is 388 g/mol. The first kappa shape index (κ1) is 20.6. The van der Waals surface area contributed by atoms with E-state index in [2.05, 4.69) is 20.5 Å². The highest BCUT2D eigenvalue weighted by Gasteiger charge is 2.32. The summed E-state index contributed by atoms with van der Waals surface area (Å²) in [4.78, 5) is 33.3. The summed E-state index contributed by atoms with van der Waals surface area (Å²) in [5.41, 5.74) is 1.02. The third-order valence-electron chi connectivity index (χ3n) is 5.69. The summed E-state index contributed by atoms with van der Waals surface area (Å²) in [6.07, 6.45) is 7.49. The van der Waals surface area contributed by atoms with E-state index in [9.17, 15) is 9.59 Å². The monoisotopic (exact) mass is 387 g/mol. The normalized spacial score (nSPS) is 21.5. The number of likely N-dealkylation sites (tertiary alicyclic amines) is 2. The molecule has 0 radical (unpaired) electrons. The van der Waals surface area contributed by atoms with Crippen molar-refractivity contribution in [3.05, 3.63) is 30.1 Å². The molecule has 7 heteroatoms. The number of pyridine rings is 1. The van der Waals surface area contributed by atoms with E-state index in [-0.39, 0.29) is 23.9 Å². The van der Waals surface area contributed by atoms with Gasteiger partial charge >= 0.3 is 6.03 Å². The van der Waals surface area contributed by atoms with Crippen molar-refractivity contribution >= 4 is 11.9 Å². The molecular formula is C21H33N5O2. The lowest BCUT2D eigenvalue weighted by atomic mass is 9.93. The molecule has 1 aromatic heterocycles. The maximum atomic E-state index is 12.6. The molecule has 0 bridgehead atoms. The highest BCUT2D eigenvalue weighted by atomic mass is 16.2. The van der Waals surface area contributed by atoms with Crippen molar-refractivity contribution in [2.45, 2.75) is 58.2 Å². The number of hydrogen-bond donors (Lipinski definition) is 2. The van der Waals surface area contributed by atoms with Gasteiger partial charge in [0.05, 0.1) is 5.92 Å². The Hall–Kier alpha value is -2.15. The first-order valence-corrected chi connectivity index (χ1v) is 10.5. The number of rotatable bonds is 5. The lowest BCUT2D eigenvalue weighted by Crippen LogP contribution is -2.53. The Labute approximate surface area is 167 Å². The number of piperidine rings is 2. The van der Waals surface area contributed by atoms with Crippen LogP contribution in [0.25, 0.3) is 0 Å². The van der Waals surface area contributed by atoms with Gasteiger partial charge in [0, 0.05) is 50.7 Å². The Morgan fingerprint density at radius 1 is 1.21 bits per heavy atom. The molecule has 1 unspecified atom stereocenters. The zero-order chi connectivity index (χ0) is 19.9. The molecule has 0 aromatic carbocycles. The van der Waals surface area contributed by atoms with Gasteiger partial charge in [0.15, 0.2) is 0 Å². The quantitative estimate of drug-likeness (QED) is 0.810. The van der Waals surface area contributed by atoms with E-state index in [0.717, 1.165) is 57.4 Å². The second kappa shape index (κ2) is 9.87. The summed E-state index contributed by atoms with van der Waals surface area (Å²) in [5, 5.41) is 6.04. The van der Waals surface area contributed by atoms with Crippen molar-refractivity contribution in [2.75, 3.05) is 26.2 Å². The molecule has 154 valence electrons. The summed E-state index contributed by atoms with van der Waals surface area (Å²) < 4.78 is 0. The zero-order valence-electron chi connectivity index (χ0n) is 17.1. The molecule has 3 rings (SSSR count). The van der Waals surface area contributed by atoms with Crippen LogP contribution in [-0.4, -0.2) is 65.0 Å². The van der Waals surface area contributed by atoms with E-state index in [1.807, 2.05) is 30.9 Å². The van der Waals surface area contributed by atoms with Crippen LogP contribution in [0.15, 0.2) is 24.5 Å². The first-order chi connectivity index (χ1) is 13.5. The van der Waals surface area contributed by atoms with Crippen LogP contribution >= 0.6 is 0 Å². The first-order valence-electron chi connectivity index (χ1n) is 10.5. The Bertz CT molecular complexity index is 643. The summed E-state index contributed by atoms with van der Waals surface area (Å²) in [5.74, 6) is 0.190. The minimum atomic E-state index is 0.0414. The largest absolute Gasteiger partial charge is 0.352 e. The molecule has 2 fully saturated rings. The Morgan fingerprint density at radius 2 is 2.00 bits per heavy atom. The van der Waals surface area contributed by atoms with Gasteiger partial charge in [0.1, 0.15) is 0 Å². The van der Waals surface area contributed by atoms with E-state index in [1.165, 1.54) is 0 Å². The summed E-state index contributed by atoms with van der Waals surface area (Å²) in [6, 6.07) is 4.54. The minimum absolute atomic E-state index is 0.0414. The number of hydrogen-bond acceptors (Lipinski definition) is 4. The Kier molecular flexibility index (Phi) is 7.25. The number of amides is 3. The van der Waals surface area contributed by atoms with E-state index in [1.54, 1.807) is 12.4 Å². The van der Waals surface area contributed by atoms with Crippen LogP contribution in [0.1, 0.15) is 45.1 Å². The van der Waals surface area contributed by atoms with Gasteiger partial charge in [0.25, 0.3) is 0 Å². The van der Waals surface area contributed by atoms with Crippen LogP contribution in [0, 0.1) is 5.92 Å². The highest BCUT2D eigenvalue weighted by molar-refractivity contribution is 5.79. The van der Waals surface area contributed by atoms with Crippen molar-refractivity contribution in [3.63, 3.8) is 0 Å². The number of aromatic nitrogens is 1. The molecule has 2 aliphatic heterocycles. The van der Waals surface area contributed by atoms with Gasteiger partial charge < -0.3 is 15.5 Å². The zero-order valence-corrected chi connectivity index (χ0v) is 17.1. The van der Waals surface area contributed by atoms with Gasteiger partial charge in [0.2, 0.25) is 5.91 Å². The Balaban J connectivity index is 1.44. The summed E-state index contributed by atoms with van der Waals surface area (Å²) in [7, 11) is 0. The highest BCUT2D eigenvalue weighted by Crippen LogP contribution is 2.24. The van der Waals surface area contributed by atoms with Crippen LogP contribution in [0.2, 0.25) is 0 Å². The lowest BCUT2D eigenvalue weighted by molar-refractivity contribution is -0.127. The standard InChI is InChI=1S/C21H33N5O2/c1-16(2)24-21(28)25-11-7-19(8-12-25)26-10-4-6-18(15-26)20(27)23-14-17-5-3-9-22-13-17/h3,5,9,13,16,18-19H,4,6-8,10-12,14-15H2,1-2H3,(H,23,27)(H,24,28). The van der Waals surface area contributed by atoms with Crippen LogP contribution < -0.4 is 10.6 Å². The molecule has 3 heterocycles. The average Bonchev–Trinajstić information content (AvgIpc) is 2.72. The Morgan fingerprint density at radius 3 is 2.68 bits per heavy atom. The maximum absolute atomic E-state index is 12.6. The van der Waals surface area contributed by atoms with Gasteiger partial charge in [-0.3, -0.25) is 14.7 Å². The van der Waals surface area contributed by atoms with Gasteiger partial charge in [-0.2, -0.15) is 0 Å². The molecule has 0 spiro atoms. The van der Waals surface area contributed by atoms with Gasteiger partial charge in [-0.25, -0.2) is 4.79 Å². The van der Waals surface area contributed by atoms with Gasteiger partial charge in [-0.1, -0.05) is 6.07 Å².